The standard InChI is InChI=1S/C17H14F4N2O2/c18-14-8-22-6-5-12(14)16(25)23-9-10(24)7-15(23)11-3-1-2-4-13(11)17(19,20)21/h1-6,8,10,15,24H,7,9H2/t10-,15+/m0/s1. The summed E-state index contributed by atoms with van der Waals surface area (Å²) in [6.45, 7) is -0.169. The van der Waals surface area contributed by atoms with Gasteiger partial charge in [-0.05, 0) is 24.1 Å². The van der Waals surface area contributed by atoms with Crippen LogP contribution in [0, 0.1) is 5.82 Å². The van der Waals surface area contributed by atoms with Gasteiger partial charge < -0.3 is 10.0 Å². The molecule has 0 unspecified atom stereocenters. The molecule has 132 valence electrons. The summed E-state index contributed by atoms with van der Waals surface area (Å²) in [6, 6.07) is 5.06. The number of hydrogen-bond donors (Lipinski definition) is 1. The molecule has 2 aromatic rings. The normalized spacial score (nSPS) is 20.8. The Labute approximate surface area is 140 Å². The van der Waals surface area contributed by atoms with Gasteiger partial charge in [-0.2, -0.15) is 13.2 Å². The van der Waals surface area contributed by atoms with Gasteiger partial charge in [0.1, 0.15) is 0 Å². The maximum atomic E-state index is 13.8. The van der Waals surface area contributed by atoms with Crippen molar-refractivity contribution in [1.82, 2.24) is 9.88 Å². The van der Waals surface area contributed by atoms with Crippen molar-refractivity contribution >= 4 is 5.91 Å². The molecule has 1 amide bonds. The van der Waals surface area contributed by atoms with Crippen molar-refractivity contribution in [2.45, 2.75) is 24.7 Å². The molecule has 4 nitrogen and oxygen atoms in total. The summed E-state index contributed by atoms with van der Waals surface area (Å²) in [5.74, 6) is -1.64. The Kier molecular flexibility index (Phi) is 4.47. The lowest BCUT2D eigenvalue weighted by Crippen LogP contribution is -2.33. The van der Waals surface area contributed by atoms with Crippen LogP contribution in [0.3, 0.4) is 0 Å². The van der Waals surface area contributed by atoms with Crippen LogP contribution in [0.4, 0.5) is 17.6 Å². The Balaban J connectivity index is 2.02. The zero-order chi connectivity index (χ0) is 18.2. The fourth-order valence-electron chi connectivity index (χ4n) is 3.08. The molecule has 1 fully saturated rings. The van der Waals surface area contributed by atoms with Crippen LogP contribution in [0.2, 0.25) is 0 Å². The summed E-state index contributed by atoms with van der Waals surface area (Å²) in [4.78, 5) is 17.2. The van der Waals surface area contributed by atoms with Gasteiger partial charge >= 0.3 is 6.18 Å². The van der Waals surface area contributed by atoms with E-state index in [0.29, 0.717) is 0 Å². The van der Waals surface area contributed by atoms with Gasteiger partial charge in [-0.3, -0.25) is 9.78 Å². The minimum absolute atomic E-state index is 0.0501. The van der Waals surface area contributed by atoms with Crippen molar-refractivity contribution in [2.24, 2.45) is 0 Å². The van der Waals surface area contributed by atoms with Crippen molar-refractivity contribution in [3.05, 3.63) is 65.2 Å². The predicted octanol–water partition coefficient (Wildman–Crippen LogP) is 3.19. The van der Waals surface area contributed by atoms with E-state index in [1.165, 1.54) is 24.4 Å². The third kappa shape index (κ3) is 3.34. The molecule has 0 aliphatic carbocycles. The van der Waals surface area contributed by atoms with Crippen molar-refractivity contribution in [1.29, 1.82) is 0 Å². The second-order valence-electron chi connectivity index (χ2n) is 5.80. The monoisotopic (exact) mass is 354 g/mol. The van der Waals surface area contributed by atoms with Crippen LogP contribution >= 0.6 is 0 Å². The van der Waals surface area contributed by atoms with Crippen molar-refractivity contribution in [3.63, 3.8) is 0 Å². The van der Waals surface area contributed by atoms with E-state index in [9.17, 15) is 27.5 Å². The maximum Gasteiger partial charge on any atom is 0.416 e. The average molecular weight is 354 g/mol. The van der Waals surface area contributed by atoms with E-state index in [0.717, 1.165) is 23.2 Å². The van der Waals surface area contributed by atoms with Crippen LogP contribution in [-0.4, -0.2) is 33.5 Å². The molecule has 2 heterocycles. The van der Waals surface area contributed by atoms with Crippen molar-refractivity contribution in [2.75, 3.05) is 6.54 Å². The lowest BCUT2D eigenvalue weighted by atomic mass is 9.97. The fraction of sp³-hybridized carbons (Fsp3) is 0.294. The molecule has 1 aromatic heterocycles. The molecule has 1 aromatic carbocycles. The molecule has 1 aliphatic rings. The van der Waals surface area contributed by atoms with E-state index in [4.69, 9.17) is 0 Å². The van der Waals surface area contributed by atoms with Crippen LogP contribution in [0.5, 0.6) is 0 Å². The fourth-order valence-corrected chi connectivity index (χ4v) is 3.08. The second kappa shape index (κ2) is 6.44. The summed E-state index contributed by atoms with van der Waals surface area (Å²) in [5, 5.41) is 9.91. The molecule has 2 atom stereocenters. The Morgan fingerprint density at radius 2 is 1.96 bits per heavy atom. The van der Waals surface area contributed by atoms with E-state index in [-0.39, 0.29) is 24.1 Å². The number of carbonyl (C=O) groups excluding carboxylic acids is 1. The highest BCUT2D eigenvalue weighted by Gasteiger charge is 2.41. The third-order valence-corrected chi connectivity index (χ3v) is 4.17. The zero-order valence-electron chi connectivity index (χ0n) is 12.9. The number of aliphatic hydroxyl groups excluding tert-OH is 1. The maximum absolute atomic E-state index is 13.8. The number of hydrogen-bond acceptors (Lipinski definition) is 3. The number of alkyl halides is 3. The molecule has 0 bridgehead atoms. The first-order valence-corrected chi connectivity index (χ1v) is 7.53. The number of nitrogens with zero attached hydrogens (tertiary/aromatic N) is 2. The number of β-amino-alcohol motifs (C(OH)–C–C–N with tert-alkyl or cyclic N) is 1. The molecule has 3 rings (SSSR count). The summed E-state index contributed by atoms with van der Waals surface area (Å²) < 4.78 is 53.7. The van der Waals surface area contributed by atoms with Gasteiger partial charge in [0.2, 0.25) is 0 Å². The molecular formula is C17H14F4N2O2. The molecule has 8 heteroatoms. The molecule has 1 aliphatic heterocycles. The SMILES string of the molecule is O=C(c1ccncc1F)N1C[C@@H](O)C[C@@H]1c1ccccc1C(F)(F)F. The Morgan fingerprint density at radius 3 is 2.64 bits per heavy atom. The van der Waals surface area contributed by atoms with Gasteiger partial charge in [0.05, 0.1) is 29.5 Å². The van der Waals surface area contributed by atoms with E-state index < -0.39 is 35.6 Å². The van der Waals surface area contributed by atoms with E-state index in [2.05, 4.69) is 4.98 Å². The minimum atomic E-state index is -4.60. The lowest BCUT2D eigenvalue weighted by Gasteiger charge is -2.27. The molecule has 25 heavy (non-hydrogen) atoms. The lowest BCUT2D eigenvalue weighted by molar-refractivity contribution is -0.138. The molecule has 1 N–H and O–H groups in total. The predicted molar refractivity (Wildman–Crippen MR) is 80.0 cm³/mol. The molecular weight excluding hydrogens is 340 g/mol. The third-order valence-electron chi connectivity index (χ3n) is 4.17. The van der Waals surface area contributed by atoms with Crippen LogP contribution in [0.1, 0.15) is 33.9 Å². The number of benzene rings is 1. The number of carbonyl (C=O) groups is 1. The van der Waals surface area contributed by atoms with Gasteiger partial charge in [-0.1, -0.05) is 18.2 Å². The molecule has 0 saturated carbocycles. The summed E-state index contributed by atoms with van der Waals surface area (Å²) in [7, 11) is 0. The number of likely N-dealkylation sites (tertiary alicyclic amines) is 1. The smallest absolute Gasteiger partial charge is 0.391 e. The summed E-state index contributed by atoms with van der Waals surface area (Å²) in [5.41, 5.74) is -1.28. The van der Waals surface area contributed by atoms with Gasteiger partial charge in [0.25, 0.3) is 5.91 Å². The highest BCUT2D eigenvalue weighted by Crippen LogP contribution is 2.40. The number of rotatable bonds is 2. The number of amides is 1. The summed E-state index contributed by atoms with van der Waals surface area (Å²) >= 11 is 0. The number of halogens is 4. The minimum Gasteiger partial charge on any atom is -0.391 e. The highest BCUT2D eigenvalue weighted by atomic mass is 19.4. The number of aromatic nitrogens is 1. The first-order chi connectivity index (χ1) is 11.8. The number of aliphatic hydroxyl groups is 1. The quantitative estimate of drug-likeness (QED) is 0.843. The topological polar surface area (TPSA) is 53.4 Å². The van der Waals surface area contributed by atoms with Crippen LogP contribution in [0.25, 0.3) is 0 Å². The molecule has 0 radical (unpaired) electrons. The van der Waals surface area contributed by atoms with Crippen LogP contribution in [-0.2, 0) is 6.18 Å². The second-order valence-corrected chi connectivity index (χ2v) is 5.80. The number of pyridine rings is 1. The van der Waals surface area contributed by atoms with E-state index in [1.807, 2.05) is 0 Å². The first-order valence-electron chi connectivity index (χ1n) is 7.53. The largest absolute Gasteiger partial charge is 0.416 e. The highest BCUT2D eigenvalue weighted by molar-refractivity contribution is 5.94. The molecule has 1 saturated heterocycles. The van der Waals surface area contributed by atoms with E-state index in [1.54, 1.807) is 0 Å². The molecule has 0 spiro atoms. The Bertz CT molecular complexity index is 794. The Morgan fingerprint density at radius 1 is 1.24 bits per heavy atom. The summed E-state index contributed by atoms with van der Waals surface area (Å²) in [6.07, 6.45) is -3.55. The van der Waals surface area contributed by atoms with E-state index >= 15 is 0 Å². The van der Waals surface area contributed by atoms with Crippen molar-refractivity contribution < 1.29 is 27.5 Å². The average Bonchev–Trinajstić information content (AvgIpc) is 2.96. The Hall–Kier alpha value is -2.48. The van der Waals surface area contributed by atoms with Crippen LogP contribution in [0.15, 0.2) is 42.7 Å². The van der Waals surface area contributed by atoms with Gasteiger partial charge in [-0.25, -0.2) is 4.39 Å². The van der Waals surface area contributed by atoms with Crippen molar-refractivity contribution in [3.8, 4) is 0 Å². The zero-order valence-corrected chi connectivity index (χ0v) is 12.9. The van der Waals surface area contributed by atoms with Crippen LogP contribution < -0.4 is 0 Å². The van der Waals surface area contributed by atoms with Gasteiger partial charge in [0.15, 0.2) is 5.82 Å². The van der Waals surface area contributed by atoms with Gasteiger partial charge in [-0.15, -0.1) is 0 Å². The van der Waals surface area contributed by atoms with Gasteiger partial charge in [0, 0.05) is 12.7 Å². The first kappa shape index (κ1) is 17.3.